The van der Waals surface area contributed by atoms with Gasteiger partial charge in [-0.3, -0.25) is 0 Å². The molecular weight excluding hydrogens is 108 g/mol. The second-order valence-electron chi connectivity index (χ2n) is 4.24. The molecule has 3 saturated carbocycles. The molecule has 0 nitrogen and oxygen atoms in total. The van der Waals surface area contributed by atoms with Crippen LogP contribution in [0.1, 0.15) is 32.1 Å². The maximum Gasteiger partial charge on any atom is -0.0352 e. The van der Waals surface area contributed by atoms with Crippen molar-refractivity contribution >= 4 is 0 Å². The Labute approximate surface area is 56.6 Å². The molecule has 0 heterocycles. The lowest BCUT2D eigenvalue weighted by Gasteiger charge is -2.40. The molecule has 0 aliphatic heterocycles. The third kappa shape index (κ3) is 0.500. The zero-order valence-corrected chi connectivity index (χ0v) is 5.84. The average Bonchev–Trinajstić information content (AvgIpc) is 2.43. The van der Waals surface area contributed by atoms with E-state index in [0.29, 0.717) is 0 Å². The van der Waals surface area contributed by atoms with Crippen molar-refractivity contribution in [1.82, 2.24) is 0 Å². The molecule has 0 N–H and O–H groups in total. The van der Waals surface area contributed by atoms with Gasteiger partial charge in [0.05, 0.1) is 0 Å². The van der Waals surface area contributed by atoms with Gasteiger partial charge in [-0.25, -0.2) is 0 Å². The van der Waals surface area contributed by atoms with Crippen molar-refractivity contribution in [2.45, 2.75) is 32.1 Å². The van der Waals surface area contributed by atoms with Crippen LogP contribution in [0.15, 0.2) is 0 Å². The van der Waals surface area contributed by atoms with Crippen molar-refractivity contribution in [3.63, 3.8) is 0 Å². The van der Waals surface area contributed by atoms with Crippen molar-refractivity contribution in [3.05, 3.63) is 0 Å². The van der Waals surface area contributed by atoms with Crippen LogP contribution in [0.2, 0.25) is 0 Å². The van der Waals surface area contributed by atoms with E-state index in [1.807, 2.05) is 0 Å². The van der Waals surface area contributed by atoms with Gasteiger partial charge in [0, 0.05) is 0 Å². The van der Waals surface area contributed by atoms with Crippen LogP contribution in [-0.4, -0.2) is 0 Å². The quantitative estimate of drug-likeness (QED) is 0.463. The molecule has 3 fully saturated rings. The van der Waals surface area contributed by atoms with E-state index < -0.39 is 0 Å². The van der Waals surface area contributed by atoms with Crippen molar-refractivity contribution < 1.29 is 0 Å². The standard InChI is InChI=1S/C9H14/c1-2-7-5-9(7)8-4-3-6(1)8/h6-9H,1-5H2/t6?,7-,8-,9-/m0/s1. The summed E-state index contributed by atoms with van der Waals surface area (Å²) in [6, 6.07) is 0. The lowest BCUT2D eigenvalue weighted by atomic mass is 9.65. The predicted molar refractivity (Wildman–Crippen MR) is 37.0 cm³/mol. The van der Waals surface area contributed by atoms with Gasteiger partial charge < -0.3 is 0 Å². The summed E-state index contributed by atoms with van der Waals surface area (Å²) in [5.74, 6) is 4.88. The van der Waals surface area contributed by atoms with Gasteiger partial charge in [-0.1, -0.05) is 0 Å². The fourth-order valence-corrected chi connectivity index (χ4v) is 3.07. The van der Waals surface area contributed by atoms with Crippen LogP contribution in [0, 0.1) is 23.7 Å². The van der Waals surface area contributed by atoms with E-state index in [1.165, 1.54) is 23.7 Å². The van der Waals surface area contributed by atoms with Gasteiger partial charge in [-0.2, -0.15) is 0 Å². The van der Waals surface area contributed by atoms with Gasteiger partial charge in [0.1, 0.15) is 0 Å². The molecule has 3 rings (SSSR count). The molecule has 9 heavy (non-hydrogen) atoms. The van der Waals surface area contributed by atoms with E-state index in [1.54, 1.807) is 32.1 Å². The van der Waals surface area contributed by atoms with Gasteiger partial charge in [0.15, 0.2) is 0 Å². The first-order chi connectivity index (χ1) is 4.45. The minimum atomic E-state index is 1.20. The highest BCUT2D eigenvalue weighted by Crippen LogP contribution is 2.61. The Balaban J connectivity index is 1.82. The normalized spacial score (nSPS) is 61.3. The highest BCUT2D eigenvalue weighted by molar-refractivity contribution is 5.02. The molecule has 0 heteroatoms. The second-order valence-corrected chi connectivity index (χ2v) is 4.24. The summed E-state index contributed by atoms with van der Waals surface area (Å²) in [6.45, 7) is 0. The van der Waals surface area contributed by atoms with E-state index >= 15 is 0 Å². The molecule has 3 aliphatic rings. The Kier molecular flexibility index (Phi) is 0.717. The van der Waals surface area contributed by atoms with Crippen LogP contribution >= 0.6 is 0 Å². The van der Waals surface area contributed by atoms with E-state index in [2.05, 4.69) is 0 Å². The van der Waals surface area contributed by atoms with E-state index in [9.17, 15) is 0 Å². The highest BCUT2D eigenvalue weighted by atomic mass is 14.6. The summed E-state index contributed by atoms with van der Waals surface area (Å²) >= 11 is 0. The van der Waals surface area contributed by atoms with Gasteiger partial charge in [-0.15, -0.1) is 0 Å². The van der Waals surface area contributed by atoms with Gasteiger partial charge in [0.25, 0.3) is 0 Å². The maximum absolute atomic E-state index is 1.61. The minimum absolute atomic E-state index is 1.20. The minimum Gasteiger partial charge on any atom is -0.0499 e. The molecule has 0 spiro atoms. The first-order valence-electron chi connectivity index (χ1n) is 4.45. The molecule has 0 amide bonds. The first kappa shape index (κ1) is 4.76. The highest BCUT2D eigenvalue weighted by Gasteiger charge is 2.52. The van der Waals surface area contributed by atoms with Crippen molar-refractivity contribution in [2.24, 2.45) is 23.7 Å². The Bertz CT molecular complexity index is 137. The molecule has 0 aromatic heterocycles. The largest absolute Gasteiger partial charge is 0.0499 e. The molecule has 0 radical (unpaired) electrons. The summed E-state index contributed by atoms with van der Waals surface area (Å²) in [5, 5.41) is 0. The number of rotatable bonds is 0. The van der Waals surface area contributed by atoms with E-state index in [-0.39, 0.29) is 0 Å². The summed E-state index contributed by atoms with van der Waals surface area (Å²) in [6.07, 6.45) is 7.96. The summed E-state index contributed by atoms with van der Waals surface area (Å²) in [7, 11) is 0. The number of fused-ring (bicyclic) bond motifs is 3. The molecule has 3 aliphatic carbocycles. The molecule has 0 aromatic rings. The second kappa shape index (κ2) is 1.36. The molecule has 4 atom stereocenters. The predicted octanol–water partition coefficient (Wildman–Crippen LogP) is 2.44. The zero-order chi connectivity index (χ0) is 5.84. The van der Waals surface area contributed by atoms with Crippen LogP contribution in [0.5, 0.6) is 0 Å². The summed E-state index contributed by atoms with van der Waals surface area (Å²) in [5.41, 5.74) is 0. The van der Waals surface area contributed by atoms with Gasteiger partial charge in [-0.05, 0) is 55.8 Å². The lowest BCUT2D eigenvalue weighted by Crippen LogP contribution is -2.30. The van der Waals surface area contributed by atoms with Crippen LogP contribution in [0.3, 0.4) is 0 Å². The monoisotopic (exact) mass is 122 g/mol. The molecule has 0 aromatic carbocycles. The number of hydrogen-bond donors (Lipinski definition) is 0. The zero-order valence-electron chi connectivity index (χ0n) is 5.84. The lowest BCUT2D eigenvalue weighted by molar-refractivity contribution is 0.102. The summed E-state index contributed by atoms with van der Waals surface area (Å²) < 4.78 is 0. The van der Waals surface area contributed by atoms with Crippen LogP contribution in [-0.2, 0) is 0 Å². The number of hydrogen-bond acceptors (Lipinski definition) is 0. The molecule has 0 saturated heterocycles. The molecule has 50 valence electrons. The van der Waals surface area contributed by atoms with Crippen molar-refractivity contribution in [1.29, 1.82) is 0 Å². The Morgan fingerprint density at radius 3 is 2.11 bits per heavy atom. The topological polar surface area (TPSA) is 0 Å². The SMILES string of the molecule is C1C[C@H]2C[C@@H]2[C@H]2CCC12. The third-order valence-electron chi connectivity index (χ3n) is 3.91. The van der Waals surface area contributed by atoms with Crippen molar-refractivity contribution in [3.8, 4) is 0 Å². The third-order valence-corrected chi connectivity index (χ3v) is 3.91. The Morgan fingerprint density at radius 1 is 0.667 bits per heavy atom. The molecule has 1 unspecified atom stereocenters. The summed E-state index contributed by atoms with van der Waals surface area (Å²) in [4.78, 5) is 0. The first-order valence-corrected chi connectivity index (χ1v) is 4.45. The van der Waals surface area contributed by atoms with Crippen LogP contribution in [0.4, 0.5) is 0 Å². The molecular formula is C9H14. The fourth-order valence-electron chi connectivity index (χ4n) is 3.07. The smallest absolute Gasteiger partial charge is 0.0352 e. The van der Waals surface area contributed by atoms with E-state index in [0.717, 1.165) is 0 Å². The van der Waals surface area contributed by atoms with Gasteiger partial charge in [0.2, 0.25) is 0 Å². The van der Waals surface area contributed by atoms with Gasteiger partial charge >= 0.3 is 0 Å². The van der Waals surface area contributed by atoms with E-state index in [4.69, 9.17) is 0 Å². The molecule has 0 bridgehead atoms. The Hall–Kier alpha value is 0. The maximum atomic E-state index is 1.61. The van der Waals surface area contributed by atoms with Crippen LogP contribution < -0.4 is 0 Å². The fraction of sp³-hybridized carbons (Fsp3) is 1.00. The van der Waals surface area contributed by atoms with Crippen LogP contribution in [0.25, 0.3) is 0 Å². The average molecular weight is 122 g/mol. The Morgan fingerprint density at radius 2 is 1.44 bits per heavy atom. The van der Waals surface area contributed by atoms with Crippen molar-refractivity contribution in [2.75, 3.05) is 0 Å².